The van der Waals surface area contributed by atoms with Crippen molar-refractivity contribution in [2.24, 2.45) is 0 Å². The Kier molecular flexibility index (Phi) is 3.54. The second kappa shape index (κ2) is 5.83. The molecule has 2 aromatic carbocycles. The number of amides is 1. The zero-order chi connectivity index (χ0) is 15.6. The van der Waals surface area contributed by atoms with Gasteiger partial charge in [-0.3, -0.25) is 4.79 Å². The molecule has 1 N–H and O–H groups in total. The lowest BCUT2D eigenvalue weighted by Gasteiger charge is -2.07. The van der Waals surface area contributed by atoms with Crippen LogP contribution in [0, 0.1) is 0 Å². The summed E-state index contributed by atoms with van der Waals surface area (Å²) in [4.78, 5) is 12.1. The zero-order valence-electron chi connectivity index (χ0n) is 12.6. The van der Waals surface area contributed by atoms with Crippen molar-refractivity contribution in [1.82, 2.24) is 5.32 Å². The SMILES string of the molecule is O=C(Cc1ccc2c(c1)CCO2)NCc1ccc2c(c1)OCO2. The maximum atomic E-state index is 12.1. The Bertz CT molecular complexity index is 757. The first-order valence-electron chi connectivity index (χ1n) is 7.68. The van der Waals surface area contributed by atoms with Crippen molar-refractivity contribution in [3.8, 4) is 17.2 Å². The van der Waals surface area contributed by atoms with E-state index in [9.17, 15) is 4.79 Å². The van der Waals surface area contributed by atoms with Crippen LogP contribution in [-0.2, 0) is 24.2 Å². The molecule has 0 fully saturated rings. The molecule has 0 saturated carbocycles. The molecule has 0 bridgehead atoms. The van der Waals surface area contributed by atoms with Crippen LogP contribution in [0.25, 0.3) is 0 Å². The van der Waals surface area contributed by atoms with Crippen molar-refractivity contribution in [3.63, 3.8) is 0 Å². The van der Waals surface area contributed by atoms with Crippen LogP contribution < -0.4 is 19.5 Å². The fourth-order valence-corrected chi connectivity index (χ4v) is 2.85. The summed E-state index contributed by atoms with van der Waals surface area (Å²) >= 11 is 0. The van der Waals surface area contributed by atoms with Gasteiger partial charge in [0.1, 0.15) is 5.75 Å². The van der Waals surface area contributed by atoms with E-state index in [0.717, 1.165) is 41.4 Å². The quantitative estimate of drug-likeness (QED) is 0.940. The van der Waals surface area contributed by atoms with Crippen molar-refractivity contribution in [2.75, 3.05) is 13.4 Å². The smallest absolute Gasteiger partial charge is 0.231 e. The highest BCUT2D eigenvalue weighted by Crippen LogP contribution is 2.32. The van der Waals surface area contributed by atoms with Gasteiger partial charge in [0.15, 0.2) is 11.5 Å². The van der Waals surface area contributed by atoms with Crippen molar-refractivity contribution < 1.29 is 19.0 Å². The molecule has 0 saturated heterocycles. The molecule has 0 spiro atoms. The number of hydrogen-bond acceptors (Lipinski definition) is 4. The molecule has 5 heteroatoms. The molecule has 0 radical (unpaired) electrons. The van der Waals surface area contributed by atoms with E-state index in [1.54, 1.807) is 0 Å². The van der Waals surface area contributed by atoms with Crippen molar-refractivity contribution >= 4 is 5.91 Å². The first-order valence-corrected chi connectivity index (χ1v) is 7.68. The Hall–Kier alpha value is -2.69. The van der Waals surface area contributed by atoms with Gasteiger partial charge >= 0.3 is 0 Å². The van der Waals surface area contributed by atoms with E-state index in [0.29, 0.717) is 13.0 Å². The number of fused-ring (bicyclic) bond motifs is 2. The lowest BCUT2D eigenvalue weighted by atomic mass is 10.1. The van der Waals surface area contributed by atoms with Gasteiger partial charge in [-0.25, -0.2) is 0 Å². The van der Waals surface area contributed by atoms with Crippen LogP contribution in [0.3, 0.4) is 0 Å². The van der Waals surface area contributed by atoms with Gasteiger partial charge in [0.25, 0.3) is 0 Å². The summed E-state index contributed by atoms with van der Waals surface area (Å²) in [5, 5.41) is 2.94. The molecule has 1 amide bonds. The van der Waals surface area contributed by atoms with Crippen molar-refractivity contribution in [2.45, 2.75) is 19.4 Å². The monoisotopic (exact) mass is 311 g/mol. The molecule has 23 heavy (non-hydrogen) atoms. The number of carbonyl (C=O) groups is 1. The standard InChI is InChI=1S/C18H17NO4/c20-18(9-12-1-3-15-14(7-12)5-6-21-15)19-10-13-2-4-16-17(8-13)23-11-22-16/h1-4,7-8H,5-6,9-11H2,(H,19,20). The largest absolute Gasteiger partial charge is 0.493 e. The summed E-state index contributed by atoms with van der Waals surface area (Å²) in [5.74, 6) is 2.42. The van der Waals surface area contributed by atoms with Gasteiger partial charge in [-0.15, -0.1) is 0 Å². The highest BCUT2D eigenvalue weighted by molar-refractivity contribution is 5.78. The third kappa shape index (κ3) is 2.95. The molecule has 2 heterocycles. The highest BCUT2D eigenvalue weighted by Gasteiger charge is 2.15. The first-order chi connectivity index (χ1) is 11.3. The van der Waals surface area contributed by atoms with Gasteiger partial charge in [-0.2, -0.15) is 0 Å². The van der Waals surface area contributed by atoms with E-state index >= 15 is 0 Å². The van der Waals surface area contributed by atoms with E-state index in [1.807, 2.05) is 30.3 Å². The summed E-state index contributed by atoms with van der Waals surface area (Å²) in [6.07, 6.45) is 1.29. The summed E-state index contributed by atoms with van der Waals surface area (Å²) in [6.45, 7) is 1.46. The van der Waals surface area contributed by atoms with Gasteiger partial charge in [-0.1, -0.05) is 18.2 Å². The second-order valence-corrected chi connectivity index (χ2v) is 5.68. The van der Waals surface area contributed by atoms with E-state index in [1.165, 1.54) is 5.56 Å². The van der Waals surface area contributed by atoms with Gasteiger partial charge in [0, 0.05) is 13.0 Å². The number of nitrogens with one attached hydrogen (secondary N) is 1. The van der Waals surface area contributed by atoms with Gasteiger partial charge in [0.2, 0.25) is 12.7 Å². The summed E-state index contributed by atoms with van der Waals surface area (Å²) in [5.41, 5.74) is 3.19. The molecule has 0 aromatic heterocycles. The number of rotatable bonds is 4. The number of benzene rings is 2. The second-order valence-electron chi connectivity index (χ2n) is 5.68. The Morgan fingerprint density at radius 2 is 1.78 bits per heavy atom. The summed E-state index contributed by atoms with van der Waals surface area (Å²) in [7, 11) is 0. The van der Waals surface area contributed by atoms with E-state index < -0.39 is 0 Å². The molecule has 0 aliphatic carbocycles. The molecular formula is C18H17NO4. The van der Waals surface area contributed by atoms with Crippen molar-refractivity contribution in [3.05, 3.63) is 53.1 Å². The van der Waals surface area contributed by atoms with Crippen LogP contribution in [0.4, 0.5) is 0 Å². The normalized spacial score (nSPS) is 14.3. The lowest BCUT2D eigenvalue weighted by molar-refractivity contribution is -0.120. The molecule has 0 atom stereocenters. The van der Waals surface area contributed by atoms with Gasteiger partial charge in [-0.05, 0) is 34.9 Å². The summed E-state index contributed by atoms with van der Waals surface area (Å²) < 4.78 is 16.1. The minimum atomic E-state index is 0.00142. The minimum absolute atomic E-state index is 0.00142. The molecular weight excluding hydrogens is 294 g/mol. The van der Waals surface area contributed by atoms with E-state index in [2.05, 4.69) is 11.4 Å². The Morgan fingerprint density at radius 1 is 0.957 bits per heavy atom. The molecule has 2 aliphatic heterocycles. The molecule has 0 unspecified atom stereocenters. The van der Waals surface area contributed by atoms with Gasteiger partial charge in [0.05, 0.1) is 13.0 Å². The zero-order valence-corrected chi connectivity index (χ0v) is 12.6. The summed E-state index contributed by atoms with van der Waals surface area (Å²) in [6, 6.07) is 11.6. The topological polar surface area (TPSA) is 56.8 Å². The Balaban J connectivity index is 1.35. The number of hydrogen-bond donors (Lipinski definition) is 1. The fraction of sp³-hybridized carbons (Fsp3) is 0.278. The molecule has 118 valence electrons. The van der Waals surface area contributed by atoms with Crippen LogP contribution in [0.15, 0.2) is 36.4 Å². The maximum absolute atomic E-state index is 12.1. The van der Waals surface area contributed by atoms with Crippen LogP contribution in [0.5, 0.6) is 17.2 Å². The molecule has 4 rings (SSSR count). The maximum Gasteiger partial charge on any atom is 0.231 e. The minimum Gasteiger partial charge on any atom is -0.493 e. The third-order valence-electron chi connectivity index (χ3n) is 4.05. The number of ether oxygens (including phenoxy) is 3. The van der Waals surface area contributed by atoms with Crippen LogP contribution in [-0.4, -0.2) is 19.3 Å². The van der Waals surface area contributed by atoms with Crippen molar-refractivity contribution in [1.29, 1.82) is 0 Å². The Morgan fingerprint density at radius 3 is 2.74 bits per heavy atom. The predicted octanol–water partition coefficient (Wildman–Crippen LogP) is 2.21. The molecule has 5 nitrogen and oxygen atoms in total. The van der Waals surface area contributed by atoms with Crippen LogP contribution in [0.2, 0.25) is 0 Å². The first kappa shape index (κ1) is 13.9. The van der Waals surface area contributed by atoms with Crippen LogP contribution >= 0.6 is 0 Å². The van der Waals surface area contributed by atoms with E-state index in [-0.39, 0.29) is 12.7 Å². The average molecular weight is 311 g/mol. The third-order valence-corrected chi connectivity index (χ3v) is 4.05. The number of carbonyl (C=O) groups excluding carboxylic acids is 1. The predicted molar refractivity (Wildman–Crippen MR) is 83.8 cm³/mol. The van der Waals surface area contributed by atoms with Crippen LogP contribution in [0.1, 0.15) is 16.7 Å². The van der Waals surface area contributed by atoms with Gasteiger partial charge < -0.3 is 19.5 Å². The molecule has 2 aliphatic rings. The highest BCUT2D eigenvalue weighted by atomic mass is 16.7. The average Bonchev–Trinajstić information content (AvgIpc) is 3.20. The molecule has 2 aromatic rings. The fourth-order valence-electron chi connectivity index (χ4n) is 2.85. The Labute approximate surface area is 134 Å². The lowest BCUT2D eigenvalue weighted by Crippen LogP contribution is -2.24. The van der Waals surface area contributed by atoms with E-state index in [4.69, 9.17) is 14.2 Å².